The van der Waals surface area contributed by atoms with Gasteiger partial charge in [0.2, 0.25) is 10.0 Å². The summed E-state index contributed by atoms with van der Waals surface area (Å²) >= 11 is 5.22. The van der Waals surface area contributed by atoms with Crippen LogP contribution in [0.2, 0.25) is 0 Å². The lowest BCUT2D eigenvalue weighted by molar-refractivity contribution is 0.0977. The van der Waals surface area contributed by atoms with Gasteiger partial charge < -0.3 is 5.32 Å². The molecule has 8 heteroatoms. The Kier molecular flexibility index (Phi) is 6.59. The summed E-state index contributed by atoms with van der Waals surface area (Å²) in [6, 6.07) is 13.8. The standard InChI is InChI=1S/C22H27N3O3S2/c1-22(2,3)17-8-6-16(7-9-17)20(26)24-21(29)23-18-10-12-19(13-11-18)30(27,28)25-14-4-5-15-25/h6-13H,4-5,14-15H2,1-3H3,(H2,23,24,26,29). The summed E-state index contributed by atoms with van der Waals surface area (Å²) in [6.07, 6.45) is 1.79. The van der Waals surface area contributed by atoms with Crippen molar-refractivity contribution in [3.05, 3.63) is 59.7 Å². The van der Waals surface area contributed by atoms with Gasteiger partial charge in [0.25, 0.3) is 5.91 Å². The van der Waals surface area contributed by atoms with E-state index >= 15 is 0 Å². The lowest BCUT2D eigenvalue weighted by atomic mass is 9.87. The Morgan fingerprint density at radius 2 is 1.53 bits per heavy atom. The summed E-state index contributed by atoms with van der Waals surface area (Å²) in [5.74, 6) is -0.304. The lowest BCUT2D eigenvalue weighted by Crippen LogP contribution is -2.34. The maximum atomic E-state index is 12.6. The molecule has 0 radical (unpaired) electrons. The lowest BCUT2D eigenvalue weighted by Gasteiger charge is -2.19. The van der Waals surface area contributed by atoms with Gasteiger partial charge >= 0.3 is 0 Å². The molecule has 0 unspecified atom stereocenters. The van der Waals surface area contributed by atoms with Gasteiger partial charge in [-0.3, -0.25) is 10.1 Å². The average Bonchev–Trinajstić information content (AvgIpc) is 3.23. The minimum Gasteiger partial charge on any atom is -0.332 e. The molecule has 1 saturated heterocycles. The SMILES string of the molecule is CC(C)(C)c1ccc(C(=O)NC(=S)Nc2ccc(S(=O)(=O)N3CCCC3)cc2)cc1. The first-order valence-electron chi connectivity index (χ1n) is 9.90. The predicted octanol–water partition coefficient (Wildman–Crippen LogP) is 3.90. The summed E-state index contributed by atoms with van der Waals surface area (Å²) in [6.45, 7) is 7.47. The molecule has 2 N–H and O–H groups in total. The predicted molar refractivity (Wildman–Crippen MR) is 123 cm³/mol. The smallest absolute Gasteiger partial charge is 0.257 e. The van der Waals surface area contributed by atoms with Gasteiger partial charge in [-0.2, -0.15) is 4.31 Å². The van der Waals surface area contributed by atoms with Crippen LogP contribution in [0.1, 0.15) is 49.5 Å². The fraction of sp³-hybridized carbons (Fsp3) is 0.364. The first kappa shape index (κ1) is 22.4. The summed E-state index contributed by atoms with van der Waals surface area (Å²) in [4.78, 5) is 12.7. The molecule has 0 atom stereocenters. The van der Waals surface area contributed by atoms with E-state index in [2.05, 4.69) is 31.4 Å². The Hall–Kier alpha value is -2.29. The van der Waals surface area contributed by atoms with Gasteiger partial charge in [-0.05, 0) is 72.4 Å². The van der Waals surface area contributed by atoms with Crippen LogP contribution in [0, 0.1) is 0 Å². The van der Waals surface area contributed by atoms with Crippen LogP contribution in [0.25, 0.3) is 0 Å². The van der Waals surface area contributed by atoms with Crippen molar-refractivity contribution in [2.24, 2.45) is 0 Å². The summed E-state index contributed by atoms with van der Waals surface area (Å²) in [5.41, 5.74) is 2.27. The number of carbonyl (C=O) groups excluding carboxylic acids is 1. The number of anilines is 1. The zero-order valence-electron chi connectivity index (χ0n) is 17.4. The number of carbonyl (C=O) groups is 1. The molecule has 1 fully saturated rings. The van der Waals surface area contributed by atoms with Crippen LogP contribution < -0.4 is 10.6 Å². The average molecular weight is 446 g/mol. The van der Waals surface area contributed by atoms with E-state index in [0.717, 1.165) is 18.4 Å². The molecule has 1 aliphatic rings. The Labute approximate surface area is 183 Å². The van der Waals surface area contributed by atoms with Crippen molar-refractivity contribution in [1.82, 2.24) is 9.62 Å². The molecule has 2 aromatic rings. The summed E-state index contributed by atoms with van der Waals surface area (Å²) < 4.78 is 26.7. The van der Waals surface area contributed by atoms with Gasteiger partial charge in [0, 0.05) is 24.3 Å². The number of thiocarbonyl (C=S) groups is 1. The number of hydrogen-bond donors (Lipinski definition) is 2. The molecular weight excluding hydrogens is 418 g/mol. The molecule has 2 aromatic carbocycles. The quantitative estimate of drug-likeness (QED) is 0.698. The van der Waals surface area contributed by atoms with Gasteiger partial charge in [0.15, 0.2) is 5.11 Å². The van der Waals surface area contributed by atoms with Crippen LogP contribution in [-0.2, 0) is 15.4 Å². The summed E-state index contributed by atoms with van der Waals surface area (Å²) in [5, 5.41) is 5.71. The number of amides is 1. The number of nitrogens with zero attached hydrogens (tertiary/aromatic N) is 1. The third-order valence-corrected chi connectivity index (χ3v) is 7.17. The number of sulfonamides is 1. The molecule has 0 aromatic heterocycles. The van der Waals surface area contributed by atoms with E-state index in [1.807, 2.05) is 12.1 Å². The molecule has 0 saturated carbocycles. The second kappa shape index (κ2) is 8.83. The number of rotatable bonds is 4. The van der Waals surface area contributed by atoms with Crippen LogP contribution in [0.3, 0.4) is 0 Å². The first-order valence-corrected chi connectivity index (χ1v) is 11.8. The molecule has 3 rings (SSSR count). The zero-order valence-corrected chi connectivity index (χ0v) is 19.1. The van der Waals surface area contributed by atoms with Crippen molar-refractivity contribution in [2.45, 2.75) is 43.9 Å². The molecule has 1 aliphatic heterocycles. The molecule has 0 bridgehead atoms. The highest BCUT2D eigenvalue weighted by molar-refractivity contribution is 7.89. The van der Waals surface area contributed by atoms with Gasteiger partial charge in [-0.25, -0.2) is 8.42 Å². The maximum Gasteiger partial charge on any atom is 0.257 e. The third-order valence-electron chi connectivity index (χ3n) is 5.06. The molecule has 0 spiro atoms. The minimum atomic E-state index is -3.45. The van der Waals surface area contributed by atoms with E-state index in [9.17, 15) is 13.2 Å². The minimum absolute atomic E-state index is 0.0142. The fourth-order valence-corrected chi connectivity index (χ4v) is 4.97. The topological polar surface area (TPSA) is 78.5 Å². The monoisotopic (exact) mass is 445 g/mol. The van der Waals surface area contributed by atoms with Crippen molar-refractivity contribution >= 4 is 38.9 Å². The van der Waals surface area contributed by atoms with Crippen molar-refractivity contribution in [1.29, 1.82) is 0 Å². The largest absolute Gasteiger partial charge is 0.332 e. The zero-order chi connectivity index (χ0) is 21.9. The number of benzene rings is 2. The van der Waals surface area contributed by atoms with Gasteiger partial charge in [-0.1, -0.05) is 32.9 Å². The van der Waals surface area contributed by atoms with Gasteiger partial charge in [-0.15, -0.1) is 0 Å². The Balaban J connectivity index is 1.60. The molecule has 30 heavy (non-hydrogen) atoms. The van der Waals surface area contributed by atoms with Crippen LogP contribution in [0.5, 0.6) is 0 Å². The van der Waals surface area contributed by atoms with E-state index < -0.39 is 10.0 Å². The highest BCUT2D eigenvalue weighted by Gasteiger charge is 2.26. The van der Waals surface area contributed by atoms with E-state index in [4.69, 9.17) is 12.2 Å². The second-order valence-corrected chi connectivity index (χ2v) is 10.7. The molecule has 6 nitrogen and oxygen atoms in total. The van der Waals surface area contributed by atoms with Gasteiger partial charge in [0.05, 0.1) is 4.90 Å². The maximum absolute atomic E-state index is 12.6. The van der Waals surface area contributed by atoms with Crippen molar-refractivity contribution in [2.75, 3.05) is 18.4 Å². The number of nitrogens with one attached hydrogen (secondary N) is 2. The Morgan fingerprint density at radius 1 is 0.967 bits per heavy atom. The van der Waals surface area contributed by atoms with Crippen molar-refractivity contribution < 1.29 is 13.2 Å². The third kappa shape index (κ3) is 5.24. The van der Waals surface area contributed by atoms with Crippen LogP contribution >= 0.6 is 12.2 Å². The first-order chi connectivity index (χ1) is 14.1. The molecule has 1 amide bonds. The highest BCUT2D eigenvalue weighted by atomic mass is 32.2. The normalized spacial score (nSPS) is 15.0. The molecule has 160 valence electrons. The van der Waals surface area contributed by atoms with Gasteiger partial charge in [0.1, 0.15) is 0 Å². The van der Waals surface area contributed by atoms with Crippen LogP contribution in [0.4, 0.5) is 5.69 Å². The van der Waals surface area contributed by atoms with E-state index in [-0.39, 0.29) is 21.3 Å². The second-order valence-electron chi connectivity index (χ2n) is 8.37. The Bertz CT molecular complexity index is 1020. The van der Waals surface area contributed by atoms with Crippen LogP contribution in [-0.4, -0.2) is 36.8 Å². The van der Waals surface area contributed by atoms with Crippen molar-refractivity contribution in [3.63, 3.8) is 0 Å². The highest BCUT2D eigenvalue weighted by Crippen LogP contribution is 2.23. The van der Waals surface area contributed by atoms with E-state index in [1.54, 1.807) is 36.4 Å². The molecule has 0 aliphatic carbocycles. The number of hydrogen-bond acceptors (Lipinski definition) is 4. The Morgan fingerprint density at radius 3 is 2.07 bits per heavy atom. The fourth-order valence-electron chi connectivity index (χ4n) is 3.25. The molecule has 1 heterocycles. The van der Waals surface area contributed by atoms with E-state index in [1.165, 1.54) is 4.31 Å². The van der Waals surface area contributed by atoms with Crippen LogP contribution in [0.15, 0.2) is 53.4 Å². The summed E-state index contributed by atoms with van der Waals surface area (Å²) in [7, 11) is -3.45. The van der Waals surface area contributed by atoms with E-state index in [0.29, 0.717) is 24.3 Å². The molecular formula is C22H27N3O3S2. The van der Waals surface area contributed by atoms with Crippen molar-refractivity contribution in [3.8, 4) is 0 Å².